The van der Waals surface area contributed by atoms with Crippen LogP contribution in [0.4, 0.5) is 29.2 Å². The van der Waals surface area contributed by atoms with Gasteiger partial charge in [0.15, 0.2) is 11.6 Å². The number of hydrogen-bond donors (Lipinski definition) is 1. The van der Waals surface area contributed by atoms with E-state index in [4.69, 9.17) is 40.5 Å². The molecule has 4 fully saturated rings. The topological polar surface area (TPSA) is 142 Å². The molecule has 0 aliphatic carbocycles. The van der Waals surface area contributed by atoms with Gasteiger partial charge in [0.2, 0.25) is 0 Å². The third kappa shape index (κ3) is 6.81. The van der Waals surface area contributed by atoms with Crippen molar-refractivity contribution in [1.29, 1.82) is 5.26 Å². The summed E-state index contributed by atoms with van der Waals surface area (Å²) in [5.74, 6) is -0.252. The van der Waals surface area contributed by atoms with Crippen molar-refractivity contribution in [2.24, 2.45) is 0 Å². The van der Waals surface area contributed by atoms with Crippen LogP contribution in [0.5, 0.6) is 11.8 Å². The molecule has 1 N–H and O–H groups in total. The first-order valence-corrected chi connectivity index (χ1v) is 21.7. The van der Waals surface area contributed by atoms with Crippen molar-refractivity contribution < 1.29 is 37.3 Å². The van der Waals surface area contributed by atoms with E-state index in [1.54, 1.807) is 33.8 Å². The van der Waals surface area contributed by atoms with E-state index in [0.29, 0.717) is 53.0 Å². The number of hydrogen-bond acceptors (Lipinski definition) is 12. The van der Waals surface area contributed by atoms with Gasteiger partial charge in [-0.1, -0.05) is 17.7 Å². The number of thiophene rings is 1. The van der Waals surface area contributed by atoms with E-state index in [1.165, 1.54) is 0 Å². The molecule has 9 rings (SSSR count). The fourth-order valence-corrected chi connectivity index (χ4v) is 11.3. The number of nitriles is 1. The van der Waals surface area contributed by atoms with E-state index in [9.17, 15) is 19.2 Å². The van der Waals surface area contributed by atoms with Crippen LogP contribution in [0, 0.1) is 24.1 Å². The molecule has 13 nitrogen and oxygen atoms in total. The first-order valence-electron chi connectivity index (χ1n) is 20.5. The molecule has 2 aromatic carbocycles. The van der Waals surface area contributed by atoms with E-state index >= 15 is 4.39 Å². The van der Waals surface area contributed by atoms with Gasteiger partial charge in [-0.3, -0.25) is 15.1 Å². The Balaban J connectivity index is 1.21. The molecule has 60 heavy (non-hydrogen) atoms. The minimum atomic E-state index is -0.975. The van der Waals surface area contributed by atoms with Gasteiger partial charge in [0.05, 0.1) is 39.6 Å². The summed E-state index contributed by atoms with van der Waals surface area (Å²) in [6, 6.07) is 4.82. The predicted octanol–water partition coefficient (Wildman–Crippen LogP) is 9.14. The first kappa shape index (κ1) is 40.7. The van der Waals surface area contributed by atoms with Crippen LogP contribution in [0.3, 0.4) is 0 Å². The van der Waals surface area contributed by atoms with E-state index in [0.717, 1.165) is 37.1 Å². The lowest BCUT2D eigenvalue weighted by atomic mass is 9.93. The molecule has 17 heteroatoms. The second-order valence-corrected chi connectivity index (χ2v) is 20.1. The molecule has 5 atom stereocenters. The molecule has 5 aliphatic heterocycles. The number of nitrogens with one attached hydrogen (secondary N) is 1. The number of alkyl halides is 1. The standard InChI is InChI=1S/C43H48ClF2N7O6S/c1-21-9-12-27-29(24(16-47)37(60-27)50-39(54)58-41(2,3)4)28(21)30-32(44)35-31-34(33(30)46)48-38(57-20-43-13-8-14-51(43)17-22(45)15-43)49-36(31)52-18-23-10-11-25(26(52)19-56-35)53(23)40(55)59-42(5,6)7/h9,12,22-23,25-26H,8,10-11,13-15,17-20H2,1-7H3,(H,50,54)/t22-,23-,25+,26-,43+/m1/s1. The predicted molar refractivity (Wildman–Crippen MR) is 225 cm³/mol. The Bertz CT molecular complexity index is 2500. The molecule has 5 aliphatic rings. The summed E-state index contributed by atoms with van der Waals surface area (Å²) in [6.07, 6.45) is 1.30. The molecule has 2 bridgehead atoms. The number of halogens is 3. The van der Waals surface area contributed by atoms with Crippen molar-refractivity contribution in [3.63, 3.8) is 0 Å². The van der Waals surface area contributed by atoms with Crippen LogP contribution in [0.25, 0.3) is 32.1 Å². The Morgan fingerprint density at radius 1 is 1.08 bits per heavy atom. The maximum Gasteiger partial charge on any atom is 0.412 e. The molecule has 4 aromatic rings. The molecule has 318 valence electrons. The maximum absolute atomic E-state index is 17.9. The van der Waals surface area contributed by atoms with Gasteiger partial charge in [0.1, 0.15) is 53.0 Å². The number of aryl methyl sites for hydroxylation is 1. The summed E-state index contributed by atoms with van der Waals surface area (Å²) in [5.41, 5.74) is -1.08. The molecule has 0 radical (unpaired) electrons. The number of ether oxygens (including phenoxy) is 4. The Morgan fingerprint density at radius 2 is 1.85 bits per heavy atom. The molecule has 7 heterocycles. The van der Waals surface area contributed by atoms with Gasteiger partial charge < -0.3 is 23.8 Å². The zero-order valence-electron chi connectivity index (χ0n) is 34.7. The highest BCUT2D eigenvalue weighted by Crippen LogP contribution is 2.53. The third-order valence-electron chi connectivity index (χ3n) is 12.3. The Hall–Kier alpha value is -4.72. The SMILES string of the molecule is Cc1ccc2sc(NC(=O)OC(C)(C)C)c(C#N)c2c1-c1c(Cl)c2c3c(nc(OC[C@@]45CCCN4C[C@H](F)C5)nc3c1F)N1C[C@H]3CC[C@@H]([C@H]1CO2)N3C(=O)OC(C)(C)C. The normalized spacial score (nSPS) is 24.8. The zero-order valence-corrected chi connectivity index (χ0v) is 36.3. The average Bonchev–Trinajstić information content (AvgIpc) is 3.86. The molecule has 4 saturated heterocycles. The molecular weight excluding hydrogens is 816 g/mol. The number of aromatic nitrogens is 2. The fraction of sp³-hybridized carbons (Fsp3) is 0.558. The number of carbonyl (C=O) groups is 2. The minimum absolute atomic E-state index is 0.0376. The molecule has 0 saturated carbocycles. The lowest BCUT2D eigenvalue weighted by Gasteiger charge is -2.46. The van der Waals surface area contributed by atoms with E-state index < -0.39 is 47.0 Å². The number of fused-ring (bicyclic) bond motifs is 7. The van der Waals surface area contributed by atoms with E-state index in [-0.39, 0.29) is 69.1 Å². The van der Waals surface area contributed by atoms with Gasteiger partial charge in [-0.15, -0.1) is 11.3 Å². The van der Waals surface area contributed by atoms with E-state index in [2.05, 4.69) is 21.2 Å². The van der Waals surface area contributed by atoms with Crippen LogP contribution >= 0.6 is 22.9 Å². The van der Waals surface area contributed by atoms with Crippen LogP contribution in [0.15, 0.2) is 12.1 Å². The quantitative estimate of drug-likeness (QED) is 0.205. The monoisotopic (exact) mass is 863 g/mol. The number of nitrogens with zero attached hydrogens (tertiary/aromatic N) is 6. The lowest BCUT2D eigenvalue weighted by molar-refractivity contribution is 0.00542. The number of piperazine rings is 1. The fourth-order valence-electron chi connectivity index (χ4n) is 9.97. The van der Waals surface area contributed by atoms with Gasteiger partial charge in [0.25, 0.3) is 0 Å². The highest BCUT2D eigenvalue weighted by atomic mass is 35.5. The van der Waals surface area contributed by atoms with Gasteiger partial charge >= 0.3 is 18.2 Å². The zero-order chi connectivity index (χ0) is 42.6. The van der Waals surface area contributed by atoms with Crippen molar-refractivity contribution in [3.8, 4) is 29.0 Å². The number of amides is 2. The van der Waals surface area contributed by atoms with Crippen LogP contribution < -0.4 is 19.7 Å². The Kier molecular flexibility index (Phi) is 9.79. The highest BCUT2D eigenvalue weighted by Gasteiger charge is 2.53. The summed E-state index contributed by atoms with van der Waals surface area (Å²) in [5, 5.41) is 14.1. The summed E-state index contributed by atoms with van der Waals surface area (Å²) < 4.78 is 57.8. The van der Waals surface area contributed by atoms with Crippen molar-refractivity contribution in [2.75, 3.05) is 43.1 Å². The average molecular weight is 864 g/mol. The van der Waals surface area contributed by atoms with Crippen LogP contribution in [-0.4, -0.2) is 106 Å². The maximum atomic E-state index is 17.9. The van der Waals surface area contributed by atoms with Crippen LogP contribution in [0.1, 0.15) is 84.8 Å². The van der Waals surface area contributed by atoms with Crippen molar-refractivity contribution in [3.05, 3.63) is 34.1 Å². The summed E-state index contributed by atoms with van der Waals surface area (Å²) in [4.78, 5) is 42.3. The minimum Gasteiger partial charge on any atom is -0.489 e. The van der Waals surface area contributed by atoms with E-state index in [1.807, 2.05) is 31.7 Å². The lowest BCUT2D eigenvalue weighted by Crippen LogP contribution is -2.63. The van der Waals surface area contributed by atoms with Gasteiger partial charge in [-0.25, -0.2) is 18.4 Å². The van der Waals surface area contributed by atoms with Gasteiger partial charge in [-0.2, -0.15) is 15.2 Å². The largest absolute Gasteiger partial charge is 0.489 e. The summed E-state index contributed by atoms with van der Waals surface area (Å²) in [7, 11) is 0. The molecule has 0 unspecified atom stereocenters. The molecule has 2 aromatic heterocycles. The second kappa shape index (κ2) is 14.4. The number of carbonyl (C=O) groups excluding carboxylic acids is 2. The molecule has 0 spiro atoms. The Labute approximate surface area is 355 Å². The highest BCUT2D eigenvalue weighted by molar-refractivity contribution is 7.23. The smallest absolute Gasteiger partial charge is 0.412 e. The van der Waals surface area contributed by atoms with Crippen molar-refractivity contribution in [1.82, 2.24) is 19.8 Å². The van der Waals surface area contributed by atoms with Crippen LogP contribution in [0.2, 0.25) is 5.02 Å². The number of benzene rings is 2. The Morgan fingerprint density at radius 3 is 2.58 bits per heavy atom. The third-order valence-corrected chi connectivity index (χ3v) is 13.7. The number of anilines is 2. The van der Waals surface area contributed by atoms with Gasteiger partial charge in [0, 0.05) is 35.2 Å². The van der Waals surface area contributed by atoms with Crippen molar-refractivity contribution in [2.45, 2.75) is 122 Å². The molecule has 2 amide bonds. The first-order chi connectivity index (χ1) is 28.4. The second-order valence-electron chi connectivity index (χ2n) is 18.6. The molecular formula is C43H48ClF2N7O6S. The van der Waals surface area contributed by atoms with Crippen LogP contribution in [-0.2, 0) is 9.47 Å². The summed E-state index contributed by atoms with van der Waals surface area (Å²) >= 11 is 8.52. The summed E-state index contributed by atoms with van der Waals surface area (Å²) in [6.45, 7) is 14.2. The van der Waals surface area contributed by atoms with Crippen molar-refractivity contribution >= 4 is 66.9 Å². The van der Waals surface area contributed by atoms with Gasteiger partial charge in [-0.05, 0) is 97.9 Å². The number of rotatable bonds is 5.